The number of hydrogen-bond acceptors (Lipinski definition) is 3. The van der Waals surface area contributed by atoms with Crippen LogP contribution in [-0.4, -0.2) is 26.4 Å². The number of rotatable bonds is 4. The average Bonchev–Trinajstić information content (AvgIpc) is 3.47. The largest absolute Gasteiger partial charge is 0.273 e. The van der Waals surface area contributed by atoms with Crippen molar-refractivity contribution in [2.24, 2.45) is 5.10 Å². The van der Waals surface area contributed by atoms with Crippen LogP contribution in [0, 0.1) is 5.82 Å². The molecule has 0 saturated heterocycles. The maximum absolute atomic E-state index is 13.5. The third kappa shape index (κ3) is 4.22. The molecule has 0 fully saturated rings. The summed E-state index contributed by atoms with van der Waals surface area (Å²) in [4.78, 5) is 12.6. The molecule has 0 N–H and O–H groups in total. The molecule has 0 bridgehead atoms. The molecule has 1 amide bonds. The zero-order valence-electron chi connectivity index (χ0n) is 18.1. The smallest absolute Gasteiger partial charge is 0.240 e. The molecule has 4 aromatic rings. The molecule has 1 aromatic heterocycles. The standard InChI is InChI=1S/C26H19Cl2FN4O/c1-16(34)33-25(14-24(30-33)17-7-10-19(29)11-8-17)21-15-32(20-5-3-2-4-6-20)31-26(21)18-9-12-22(27)23(28)13-18/h2-13,15,25H,14H2,1H3. The van der Waals surface area contributed by atoms with Crippen molar-refractivity contribution in [1.82, 2.24) is 14.8 Å². The van der Waals surface area contributed by atoms with Crippen molar-refractivity contribution in [3.8, 4) is 16.9 Å². The van der Waals surface area contributed by atoms with E-state index in [1.165, 1.54) is 24.1 Å². The first-order valence-corrected chi connectivity index (χ1v) is 11.4. The number of carbonyl (C=O) groups excluding carboxylic acids is 1. The fourth-order valence-electron chi connectivity index (χ4n) is 4.07. The van der Waals surface area contributed by atoms with Crippen LogP contribution in [0.3, 0.4) is 0 Å². The van der Waals surface area contributed by atoms with Crippen LogP contribution in [0.2, 0.25) is 10.0 Å². The maximum Gasteiger partial charge on any atom is 0.240 e. The number of aromatic nitrogens is 2. The van der Waals surface area contributed by atoms with Crippen molar-refractivity contribution in [1.29, 1.82) is 0 Å². The van der Waals surface area contributed by atoms with Crippen LogP contribution in [0.1, 0.15) is 30.5 Å². The quantitative estimate of drug-likeness (QED) is 0.318. The molecular weight excluding hydrogens is 474 g/mol. The SMILES string of the molecule is CC(=O)N1N=C(c2ccc(F)cc2)CC1c1cn(-c2ccccc2)nc1-c1ccc(Cl)c(Cl)c1. The molecular formula is C26H19Cl2FN4O. The lowest BCUT2D eigenvalue weighted by atomic mass is 9.96. The van der Waals surface area contributed by atoms with Gasteiger partial charge >= 0.3 is 0 Å². The molecule has 1 atom stereocenters. The van der Waals surface area contributed by atoms with Crippen molar-refractivity contribution in [3.05, 3.63) is 106 Å². The Morgan fingerprint density at radius 2 is 1.68 bits per heavy atom. The topological polar surface area (TPSA) is 50.5 Å². The maximum atomic E-state index is 13.5. The molecule has 8 heteroatoms. The van der Waals surface area contributed by atoms with E-state index in [2.05, 4.69) is 5.10 Å². The predicted molar refractivity (Wildman–Crippen MR) is 132 cm³/mol. The van der Waals surface area contributed by atoms with Crippen molar-refractivity contribution in [2.45, 2.75) is 19.4 Å². The minimum absolute atomic E-state index is 0.199. The Morgan fingerprint density at radius 3 is 2.35 bits per heavy atom. The third-order valence-electron chi connectivity index (χ3n) is 5.73. The highest BCUT2D eigenvalue weighted by Gasteiger charge is 2.35. The first-order valence-electron chi connectivity index (χ1n) is 10.6. The summed E-state index contributed by atoms with van der Waals surface area (Å²) in [5.74, 6) is -0.525. The van der Waals surface area contributed by atoms with E-state index in [1.807, 2.05) is 42.6 Å². The molecule has 1 aliphatic heterocycles. The minimum atomic E-state index is -0.389. The van der Waals surface area contributed by atoms with Gasteiger partial charge in [-0.15, -0.1) is 0 Å². The van der Waals surface area contributed by atoms with E-state index < -0.39 is 0 Å². The van der Waals surface area contributed by atoms with Crippen molar-refractivity contribution in [2.75, 3.05) is 0 Å². The summed E-state index contributed by atoms with van der Waals surface area (Å²) < 4.78 is 15.2. The van der Waals surface area contributed by atoms with Crippen LogP contribution >= 0.6 is 23.2 Å². The van der Waals surface area contributed by atoms with Gasteiger partial charge in [0.1, 0.15) is 5.82 Å². The van der Waals surface area contributed by atoms with E-state index in [9.17, 15) is 9.18 Å². The monoisotopic (exact) mass is 492 g/mol. The van der Waals surface area contributed by atoms with E-state index in [0.717, 1.165) is 22.4 Å². The Bertz CT molecular complexity index is 1400. The summed E-state index contributed by atoms with van der Waals surface area (Å²) >= 11 is 12.5. The molecule has 5 nitrogen and oxygen atoms in total. The van der Waals surface area contributed by atoms with Gasteiger partial charge in [-0.3, -0.25) is 4.79 Å². The van der Waals surface area contributed by atoms with Crippen molar-refractivity contribution < 1.29 is 9.18 Å². The molecule has 34 heavy (non-hydrogen) atoms. The van der Waals surface area contributed by atoms with Crippen molar-refractivity contribution in [3.63, 3.8) is 0 Å². The number of halogens is 3. The van der Waals surface area contributed by atoms with Gasteiger partial charge in [-0.1, -0.05) is 59.6 Å². The Kier molecular flexibility index (Phi) is 5.94. The van der Waals surface area contributed by atoms with E-state index in [0.29, 0.717) is 27.9 Å². The van der Waals surface area contributed by atoms with Crippen LogP contribution in [0.25, 0.3) is 16.9 Å². The summed E-state index contributed by atoms with van der Waals surface area (Å²) in [6.45, 7) is 1.48. The molecule has 3 aromatic carbocycles. The third-order valence-corrected chi connectivity index (χ3v) is 6.46. The number of benzene rings is 3. The lowest BCUT2D eigenvalue weighted by Crippen LogP contribution is -2.24. The number of carbonyl (C=O) groups is 1. The van der Waals surface area contributed by atoms with Gasteiger partial charge in [0.05, 0.1) is 33.2 Å². The Labute approximate surface area is 206 Å². The molecule has 2 heterocycles. The van der Waals surface area contributed by atoms with Gasteiger partial charge in [-0.25, -0.2) is 14.1 Å². The molecule has 0 aliphatic carbocycles. The average molecular weight is 493 g/mol. The first-order chi connectivity index (χ1) is 16.4. The zero-order chi connectivity index (χ0) is 23.8. The Morgan fingerprint density at radius 1 is 0.971 bits per heavy atom. The molecule has 1 aliphatic rings. The van der Waals surface area contributed by atoms with E-state index in [1.54, 1.807) is 28.9 Å². The van der Waals surface area contributed by atoms with Gasteiger partial charge in [0.2, 0.25) is 5.91 Å². The van der Waals surface area contributed by atoms with E-state index in [-0.39, 0.29) is 17.8 Å². The summed E-state index contributed by atoms with van der Waals surface area (Å²) in [6.07, 6.45) is 2.37. The van der Waals surface area contributed by atoms with Crippen molar-refractivity contribution >= 4 is 34.8 Å². The van der Waals surface area contributed by atoms with E-state index >= 15 is 0 Å². The molecule has 170 valence electrons. The summed E-state index contributed by atoms with van der Waals surface area (Å²) in [5.41, 5.74) is 4.61. The highest BCUT2D eigenvalue weighted by Crippen LogP contribution is 2.39. The predicted octanol–water partition coefficient (Wildman–Crippen LogP) is 6.68. The lowest BCUT2D eigenvalue weighted by molar-refractivity contribution is -0.130. The van der Waals surface area contributed by atoms with Gasteiger partial charge in [0, 0.05) is 30.7 Å². The zero-order valence-corrected chi connectivity index (χ0v) is 19.6. The van der Waals surface area contributed by atoms with Gasteiger partial charge in [0.15, 0.2) is 0 Å². The Hall–Kier alpha value is -3.48. The number of amides is 1. The summed E-state index contributed by atoms with van der Waals surface area (Å²) in [5, 5.41) is 11.8. The normalized spacial score (nSPS) is 15.5. The Balaban J connectivity index is 1.62. The van der Waals surface area contributed by atoms with Gasteiger partial charge in [-0.05, 0) is 42.0 Å². The van der Waals surface area contributed by atoms with Gasteiger partial charge < -0.3 is 0 Å². The second-order valence-corrected chi connectivity index (χ2v) is 8.79. The van der Waals surface area contributed by atoms with Crippen LogP contribution in [0.4, 0.5) is 4.39 Å². The number of nitrogens with zero attached hydrogens (tertiary/aromatic N) is 4. The summed E-state index contributed by atoms with van der Waals surface area (Å²) in [7, 11) is 0. The molecule has 1 unspecified atom stereocenters. The molecule has 0 spiro atoms. The van der Waals surface area contributed by atoms with Gasteiger partial charge in [-0.2, -0.15) is 10.2 Å². The van der Waals surface area contributed by atoms with Crippen LogP contribution < -0.4 is 0 Å². The van der Waals surface area contributed by atoms with Gasteiger partial charge in [0.25, 0.3) is 0 Å². The fraction of sp³-hybridized carbons (Fsp3) is 0.115. The van der Waals surface area contributed by atoms with Crippen LogP contribution in [0.5, 0.6) is 0 Å². The lowest BCUT2D eigenvalue weighted by Gasteiger charge is -2.20. The van der Waals surface area contributed by atoms with Crippen LogP contribution in [-0.2, 0) is 4.79 Å². The number of hydrazone groups is 1. The molecule has 0 saturated carbocycles. The second-order valence-electron chi connectivity index (χ2n) is 7.98. The second kappa shape index (κ2) is 9.05. The highest BCUT2D eigenvalue weighted by molar-refractivity contribution is 6.42. The van der Waals surface area contributed by atoms with E-state index in [4.69, 9.17) is 28.3 Å². The number of para-hydroxylation sites is 1. The highest BCUT2D eigenvalue weighted by atomic mass is 35.5. The summed E-state index contributed by atoms with van der Waals surface area (Å²) in [6, 6.07) is 20.8. The van der Waals surface area contributed by atoms with Crippen LogP contribution in [0.15, 0.2) is 84.1 Å². The molecule has 0 radical (unpaired) electrons. The molecule has 5 rings (SSSR count). The first kappa shape index (κ1) is 22.3. The fourth-order valence-corrected chi connectivity index (χ4v) is 4.37. The minimum Gasteiger partial charge on any atom is -0.273 e. The number of hydrogen-bond donors (Lipinski definition) is 0.